The Morgan fingerprint density at radius 3 is 2.38 bits per heavy atom. The van der Waals surface area contributed by atoms with E-state index in [1.165, 1.54) is 13.0 Å². The maximum absolute atomic E-state index is 10.4. The Hall–Kier alpha value is -1.84. The van der Waals surface area contributed by atoms with Crippen molar-refractivity contribution < 1.29 is 9.66 Å². The average Bonchev–Trinajstić information content (AvgIpc) is 2.20. The van der Waals surface area contributed by atoms with Gasteiger partial charge in [-0.1, -0.05) is 12.1 Å². The number of hydrogen-bond donors (Lipinski definition) is 0. The number of hydrogen-bond acceptors (Lipinski definition) is 3. The lowest BCUT2D eigenvalue weighted by molar-refractivity contribution is -0.422. The van der Waals surface area contributed by atoms with E-state index in [2.05, 4.69) is 0 Å². The molecule has 0 heterocycles. The average molecular weight is 221 g/mol. The van der Waals surface area contributed by atoms with Crippen molar-refractivity contribution in [2.24, 2.45) is 0 Å². The van der Waals surface area contributed by atoms with Gasteiger partial charge in [0.2, 0.25) is 5.70 Å². The second-order valence-corrected chi connectivity index (χ2v) is 3.78. The first kappa shape index (κ1) is 12.2. The molecule has 0 amide bonds. The molecule has 4 heteroatoms. The zero-order valence-electron chi connectivity index (χ0n) is 9.64. The third-order valence-corrected chi connectivity index (χ3v) is 1.92. The maximum atomic E-state index is 10.4. The predicted molar refractivity (Wildman–Crippen MR) is 62.9 cm³/mol. The maximum Gasteiger partial charge on any atom is 0.243 e. The Kier molecular flexibility index (Phi) is 4.05. The fourth-order valence-electron chi connectivity index (χ4n) is 1.21. The molecule has 0 bridgehead atoms. The standard InChI is InChI=1S/C12H15NO3/c1-9(2)16-12-6-4-11(5-7-12)8-10(3)13(14)15/h4-9H,1-3H3/b10-8+. The van der Waals surface area contributed by atoms with Crippen LogP contribution in [0.3, 0.4) is 0 Å². The Balaban J connectivity index is 2.79. The summed E-state index contributed by atoms with van der Waals surface area (Å²) in [5.74, 6) is 0.769. The summed E-state index contributed by atoms with van der Waals surface area (Å²) in [6.07, 6.45) is 1.65. The van der Waals surface area contributed by atoms with Crippen molar-refractivity contribution in [2.45, 2.75) is 26.9 Å². The summed E-state index contributed by atoms with van der Waals surface area (Å²) < 4.78 is 5.47. The van der Waals surface area contributed by atoms with E-state index in [1.807, 2.05) is 13.8 Å². The first-order valence-electron chi connectivity index (χ1n) is 5.08. The molecule has 0 aliphatic rings. The monoisotopic (exact) mass is 221 g/mol. The van der Waals surface area contributed by atoms with E-state index in [0.717, 1.165) is 11.3 Å². The van der Waals surface area contributed by atoms with Gasteiger partial charge in [-0.3, -0.25) is 10.1 Å². The van der Waals surface area contributed by atoms with E-state index in [9.17, 15) is 10.1 Å². The van der Waals surface area contributed by atoms with Gasteiger partial charge in [-0.05, 0) is 31.5 Å². The van der Waals surface area contributed by atoms with E-state index < -0.39 is 4.92 Å². The molecule has 0 atom stereocenters. The van der Waals surface area contributed by atoms with Crippen LogP contribution in [-0.2, 0) is 0 Å². The van der Waals surface area contributed by atoms with Crippen LogP contribution in [0, 0.1) is 10.1 Å². The van der Waals surface area contributed by atoms with Crippen LogP contribution >= 0.6 is 0 Å². The highest BCUT2D eigenvalue weighted by molar-refractivity contribution is 5.51. The van der Waals surface area contributed by atoms with Crippen LogP contribution in [0.15, 0.2) is 30.0 Å². The number of nitro groups is 1. The van der Waals surface area contributed by atoms with Crippen molar-refractivity contribution >= 4 is 6.08 Å². The Morgan fingerprint density at radius 1 is 1.38 bits per heavy atom. The van der Waals surface area contributed by atoms with Crippen LogP contribution < -0.4 is 4.74 Å². The minimum Gasteiger partial charge on any atom is -0.491 e. The Morgan fingerprint density at radius 2 is 1.94 bits per heavy atom. The molecular weight excluding hydrogens is 206 g/mol. The highest BCUT2D eigenvalue weighted by Gasteiger charge is 2.02. The summed E-state index contributed by atoms with van der Waals surface area (Å²) in [6, 6.07) is 7.20. The minimum absolute atomic E-state index is 0.123. The van der Waals surface area contributed by atoms with Gasteiger partial charge in [0.05, 0.1) is 11.0 Å². The predicted octanol–water partition coefficient (Wildman–Crippen LogP) is 3.11. The van der Waals surface area contributed by atoms with Gasteiger partial charge in [0.1, 0.15) is 5.75 Å². The summed E-state index contributed by atoms with van der Waals surface area (Å²) in [5.41, 5.74) is 0.919. The van der Waals surface area contributed by atoms with Crippen LogP contribution in [0.1, 0.15) is 26.3 Å². The molecule has 0 aliphatic heterocycles. The number of allylic oxidation sites excluding steroid dienone is 1. The van der Waals surface area contributed by atoms with Crippen molar-refractivity contribution in [1.82, 2.24) is 0 Å². The summed E-state index contributed by atoms with van der Waals surface area (Å²) >= 11 is 0. The van der Waals surface area contributed by atoms with E-state index in [4.69, 9.17) is 4.74 Å². The summed E-state index contributed by atoms with van der Waals surface area (Å²) in [5, 5.41) is 10.4. The topological polar surface area (TPSA) is 52.4 Å². The third-order valence-electron chi connectivity index (χ3n) is 1.92. The van der Waals surface area contributed by atoms with Gasteiger partial charge in [0.15, 0.2) is 0 Å². The lowest BCUT2D eigenvalue weighted by Crippen LogP contribution is -2.05. The van der Waals surface area contributed by atoms with Crippen LogP contribution in [0.4, 0.5) is 0 Å². The first-order valence-corrected chi connectivity index (χ1v) is 5.08. The summed E-state index contributed by atoms with van der Waals surface area (Å²) in [6.45, 7) is 5.37. The molecule has 0 aliphatic carbocycles. The number of benzene rings is 1. The lowest BCUT2D eigenvalue weighted by Gasteiger charge is -2.09. The molecule has 4 nitrogen and oxygen atoms in total. The lowest BCUT2D eigenvalue weighted by atomic mass is 10.2. The van der Waals surface area contributed by atoms with Gasteiger partial charge in [0, 0.05) is 13.0 Å². The molecule has 0 saturated heterocycles. The fraction of sp³-hybridized carbons (Fsp3) is 0.333. The molecule has 0 saturated carbocycles. The van der Waals surface area contributed by atoms with E-state index in [-0.39, 0.29) is 11.8 Å². The number of ether oxygens (including phenoxy) is 1. The van der Waals surface area contributed by atoms with Gasteiger partial charge in [0.25, 0.3) is 0 Å². The van der Waals surface area contributed by atoms with Crippen molar-refractivity contribution in [1.29, 1.82) is 0 Å². The van der Waals surface area contributed by atoms with E-state index in [1.54, 1.807) is 24.3 Å². The second kappa shape index (κ2) is 5.30. The molecule has 0 fully saturated rings. The van der Waals surface area contributed by atoms with Crippen molar-refractivity contribution in [3.63, 3.8) is 0 Å². The molecule has 1 aromatic rings. The van der Waals surface area contributed by atoms with Crippen LogP contribution in [-0.4, -0.2) is 11.0 Å². The molecule has 1 rings (SSSR count). The molecule has 86 valence electrons. The molecule has 1 aromatic carbocycles. The number of nitrogens with zero attached hydrogens (tertiary/aromatic N) is 1. The number of rotatable bonds is 4. The molecule has 0 aromatic heterocycles. The minimum atomic E-state index is -0.404. The quantitative estimate of drug-likeness (QED) is 0.579. The normalized spacial score (nSPS) is 11.6. The van der Waals surface area contributed by atoms with Crippen molar-refractivity contribution in [2.75, 3.05) is 0 Å². The smallest absolute Gasteiger partial charge is 0.243 e. The second-order valence-electron chi connectivity index (χ2n) is 3.78. The summed E-state index contributed by atoms with van der Waals surface area (Å²) in [4.78, 5) is 10.0. The molecule has 16 heavy (non-hydrogen) atoms. The van der Waals surface area contributed by atoms with Gasteiger partial charge < -0.3 is 4.74 Å². The Bertz CT molecular complexity index is 393. The Labute approximate surface area is 94.7 Å². The zero-order valence-corrected chi connectivity index (χ0v) is 9.64. The van der Waals surface area contributed by atoms with Gasteiger partial charge in [-0.2, -0.15) is 0 Å². The van der Waals surface area contributed by atoms with Gasteiger partial charge in [-0.25, -0.2) is 0 Å². The van der Waals surface area contributed by atoms with Crippen LogP contribution in [0.5, 0.6) is 5.75 Å². The highest BCUT2D eigenvalue weighted by Crippen LogP contribution is 2.15. The molecule has 0 spiro atoms. The summed E-state index contributed by atoms with van der Waals surface area (Å²) in [7, 11) is 0. The highest BCUT2D eigenvalue weighted by atomic mass is 16.6. The first-order chi connectivity index (χ1) is 7.49. The third kappa shape index (κ3) is 3.73. The SMILES string of the molecule is C/C(=C\c1ccc(OC(C)C)cc1)[N+](=O)[O-]. The van der Waals surface area contributed by atoms with E-state index >= 15 is 0 Å². The molecule has 0 unspecified atom stereocenters. The van der Waals surface area contributed by atoms with E-state index in [0.29, 0.717) is 0 Å². The largest absolute Gasteiger partial charge is 0.491 e. The zero-order chi connectivity index (χ0) is 12.1. The molecule has 0 radical (unpaired) electrons. The van der Waals surface area contributed by atoms with Crippen molar-refractivity contribution in [3.8, 4) is 5.75 Å². The molecular formula is C12H15NO3. The molecule has 0 N–H and O–H groups in total. The van der Waals surface area contributed by atoms with Crippen LogP contribution in [0.25, 0.3) is 6.08 Å². The van der Waals surface area contributed by atoms with Gasteiger partial charge in [-0.15, -0.1) is 0 Å². The fourth-order valence-corrected chi connectivity index (χ4v) is 1.21. The van der Waals surface area contributed by atoms with Crippen LogP contribution in [0.2, 0.25) is 0 Å². The van der Waals surface area contributed by atoms with Gasteiger partial charge >= 0.3 is 0 Å². The van der Waals surface area contributed by atoms with Crippen molar-refractivity contribution in [3.05, 3.63) is 45.6 Å².